The van der Waals surface area contributed by atoms with Gasteiger partial charge >= 0.3 is 0 Å². The molecule has 0 amide bonds. The second kappa shape index (κ2) is 6.08. The molecule has 0 saturated heterocycles. The van der Waals surface area contributed by atoms with Crippen molar-refractivity contribution in [3.05, 3.63) is 42.2 Å². The Morgan fingerprint density at radius 1 is 1.50 bits per heavy atom. The van der Waals surface area contributed by atoms with Crippen LogP contribution >= 0.6 is 0 Å². The average molecular weight is 193 g/mol. The molecular weight excluding hydrogens is 177 g/mol. The summed E-state index contributed by atoms with van der Waals surface area (Å²) in [5, 5.41) is 0. The lowest BCUT2D eigenvalue weighted by Gasteiger charge is -2.02. The van der Waals surface area contributed by atoms with Crippen molar-refractivity contribution >= 4 is 11.9 Å². The zero-order valence-electron chi connectivity index (χ0n) is 8.97. The molecule has 0 unspecified atom stereocenters. The summed E-state index contributed by atoms with van der Waals surface area (Å²) < 4.78 is 12.8. The fourth-order valence-corrected chi connectivity index (χ4v) is 0.960. The number of aromatic nitrogens is 1. The highest BCUT2D eigenvalue weighted by Gasteiger charge is 2.03. The van der Waals surface area contributed by atoms with Gasteiger partial charge in [-0.3, -0.25) is 4.98 Å². The maximum atomic E-state index is 12.8. The monoisotopic (exact) mass is 193 g/mol. The van der Waals surface area contributed by atoms with Gasteiger partial charge in [0.25, 0.3) is 0 Å². The number of hydrogen-bond donors (Lipinski definition) is 0. The standard InChI is InChI=1S/C10H10FN.C2H6/c1-4-10-9(8(3)11)5-7(2)6-12-10;1-2/h4-6H,1,3H2,2H3;1-2H3. The summed E-state index contributed by atoms with van der Waals surface area (Å²) in [6, 6.07) is 1.70. The van der Waals surface area contributed by atoms with Crippen molar-refractivity contribution in [3.8, 4) is 0 Å². The van der Waals surface area contributed by atoms with Crippen LogP contribution < -0.4 is 0 Å². The molecule has 14 heavy (non-hydrogen) atoms. The molecule has 0 aliphatic carbocycles. The van der Waals surface area contributed by atoms with Crippen LogP contribution in [0.3, 0.4) is 0 Å². The molecule has 2 heteroatoms. The molecular formula is C12H16FN. The lowest BCUT2D eigenvalue weighted by molar-refractivity contribution is 0.761. The van der Waals surface area contributed by atoms with E-state index in [-0.39, 0.29) is 0 Å². The average Bonchev–Trinajstić information content (AvgIpc) is 2.20. The molecule has 1 nitrogen and oxygen atoms in total. The van der Waals surface area contributed by atoms with Gasteiger partial charge in [-0.25, -0.2) is 4.39 Å². The van der Waals surface area contributed by atoms with Crippen LogP contribution in [0, 0.1) is 6.92 Å². The second-order valence-corrected chi connectivity index (χ2v) is 2.55. The first kappa shape index (κ1) is 12.6. The molecule has 0 saturated carbocycles. The SMILES string of the molecule is C=Cc1ncc(C)cc1C(=C)F.CC. The van der Waals surface area contributed by atoms with Crippen molar-refractivity contribution in [2.75, 3.05) is 0 Å². The molecule has 0 radical (unpaired) electrons. The Morgan fingerprint density at radius 2 is 2.07 bits per heavy atom. The van der Waals surface area contributed by atoms with Crippen LogP contribution in [0.1, 0.15) is 30.7 Å². The van der Waals surface area contributed by atoms with E-state index in [0.29, 0.717) is 11.3 Å². The number of hydrogen-bond acceptors (Lipinski definition) is 1. The molecule has 0 atom stereocenters. The zero-order chi connectivity index (χ0) is 11.1. The van der Waals surface area contributed by atoms with Crippen LogP contribution in [-0.2, 0) is 0 Å². The Labute approximate surface area is 85.0 Å². The normalized spacial score (nSPS) is 8.57. The van der Waals surface area contributed by atoms with E-state index in [1.54, 1.807) is 12.3 Å². The summed E-state index contributed by atoms with van der Waals surface area (Å²) in [6.45, 7) is 12.6. The van der Waals surface area contributed by atoms with Crippen LogP contribution in [-0.4, -0.2) is 4.98 Å². The third kappa shape index (κ3) is 3.13. The predicted molar refractivity (Wildman–Crippen MR) is 60.6 cm³/mol. The third-order valence-electron chi connectivity index (χ3n) is 1.54. The van der Waals surface area contributed by atoms with Crippen LogP contribution in [0.2, 0.25) is 0 Å². The number of rotatable bonds is 2. The highest BCUT2D eigenvalue weighted by molar-refractivity contribution is 5.66. The first-order valence-electron chi connectivity index (χ1n) is 4.59. The van der Waals surface area contributed by atoms with Crippen molar-refractivity contribution in [2.24, 2.45) is 0 Å². The van der Waals surface area contributed by atoms with Crippen LogP contribution in [0.5, 0.6) is 0 Å². The fourth-order valence-electron chi connectivity index (χ4n) is 0.960. The van der Waals surface area contributed by atoms with E-state index in [1.165, 1.54) is 6.08 Å². The number of halogens is 1. The van der Waals surface area contributed by atoms with Gasteiger partial charge in [0.15, 0.2) is 0 Å². The van der Waals surface area contributed by atoms with Crippen molar-refractivity contribution in [3.63, 3.8) is 0 Å². The van der Waals surface area contributed by atoms with Crippen LogP contribution in [0.25, 0.3) is 11.9 Å². The molecule has 1 heterocycles. The van der Waals surface area contributed by atoms with Gasteiger partial charge in [-0.1, -0.05) is 27.0 Å². The Balaban J connectivity index is 0.000000791. The lowest BCUT2D eigenvalue weighted by atomic mass is 10.1. The van der Waals surface area contributed by atoms with E-state index in [0.717, 1.165) is 5.56 Å². The quantitative estimate of drug-likeness (QED) is 0.691. The Kier molecular flexibility index (Phi) is 5.46. The third-order valence-corrected chi connectivity index (χ3v) is 1.54. The van der Waals surface area contributed by atoms with E-state index >= 15 is 0 Å². The van der Waals surface area contributed by atoms with E-state index < -0.39 is 5.83 Å². The highest BCUT2D eigenvalue weighted by atomic mass is 19.1. The van der Waals surface area contributed by atoms with E-state index in [4.69, 9.17) is 0 Å². The summed E-state index contributed by atoms with van der Waals surface area (Å²) in [6.07, 6.45) is 3.18. The largest absolute Gasteiger partial charge is 0.256 e. The van der Waals surface area contributed by atoms with Gasteiger partial charge in [0.1, 0.15) is 5.83 Å². The summed E-state index contributed by atoms with van der Waals surface area (Å²) in [5.41, 5.74) is 1.87. The van der Waals surface area contributed by atoms with Gasteiger partial charge in [0.2, 0.25) is 0 Å². The van der Waals surface area contributed by atoms with E-state index in [1.807, 2.05) is 20.8 Å². The van der Waals surface area contributed by atoms with Gasteiger partial charge < -0.3 is 0 Å². The minimum absolute atomic E-state index is 0.421. The molecule has 0 fully saturated rings. The first-order valence-corrected chi connectivity index (χ1v) is 4.59. The maximum Gasteiger partial charge on any atom is 0.125 e. The van der Waals surface area contributed by atoms with Gasteiger partial charge in [-0.2, -0.15) is 0 Å². The molecule has 1 aromatic heterocycles. The van der Waals surface area contributed by atoms with E-state index in [9.17, 15) is 4.39 Å². The molecule has 0 N–H and O–H groups in total. The summed E-state index contributed by atoms with van der Waals surface area (Å²) in [4.78, 5) is 4.00. The summed E-state index contributed by atoms with van der Waals surface area (Å²) in [7, 11) is 0. The van der Waals surface area contributed by atoms with Gasteiger partial charge in [0.05, 0.1) is 5.69 Å². The number of pyridine rings is 1. The molecule has 0 aliphatic heterocycles. The number of aryl methyl sites for hydroxylation is 1. The number of nitrogens with zero attached hydrogens (tertiary/aromatic N) is 1. The zero-order valence-corrected chi connectivity index (χ0v) is 8.97. The molecule has 1 aromatic rings. The lowest BCUT2D eigenvalue weighted by Crippen LogP contribution is -1.89. The van der Waals surface area contributed by atoms with Crippen molar-refractivity contribution < 1.29 is 4.39 Å². The molecule has 1 rings (SSSR count). The molecule has 0 bridgehead atoms. The molecule has 0 spiro atoms. The van der Waals surface area contributed by atoms with Gasteiger partial charge in [-0.15, -0.1) is 0 Å². The van der Waals surface area contributed by atoms with Crippen molar-refractivity contribution in [1.29, 1.82) is 0 Å². The molecule has 76 valence electrons. The van der Waals surface area contributed by atoms with Gasteiger partial charge in [0, 0.05) is 11.8 Å². The molecule has 0 aliphatic rings. The second-order valence-electron chi connectivity index (χ2n) is 2.55. The van der Waals surface area contributed by atoms with Crippen LogP contribution in [0.15, 0.2) is 25.4 Å². The van der Waals surface area contributed by atoms with Gasteiger partial charge in [-0.05, 0) is 24.6 Å². The van der Waals surface area contributed by atoms with E-state index in [2.05, 4.69) is 18.1 Å². The Hall–Kier alpha value is -1.44. The maximum absolute atomic E-state index is 12.8. The Bertz CT molecular complexity index is 329. The predicted octanol–water partition coefficient (Wildman–Crippen LogP) is 4.00. The molecule has 0 aromatic carbocycles. The Morgan fingerprint density at radius 3 is 2.50 bits per heavy atom. The highest BCUT2D eigenvalue weighted by Crippen LogP contribution is 2.18. The first-order chi connectivity index (χ1) is 6.65. The minimum Gasteiger partial charge on any atom is -0.256 e. The van der Waals surface area contributed by atoms with Crippen molar-refractivity contribution in [1.82, 2.24) is 4.98 Å². The fraction of sp³-hybridized carbons (Fsp3) is 0.250. The summed E-state index contributed by atoms with van der Waals surface area (Å²) in [5.74, 6) is -0.471. The topological polar surface area (TPSA) is 12.9 Å². The van der Waals surface area contributed by atoms with Crippen molar-refractivity contribution in [2.45, 2.75) is 20.8 Å². The van der Waals surface area contributed by atoms with Crippen LogP contribution in [0.4, 0.5) is 4.39 Å². The summed E-state index contributed by atoms with van der Waals surface area (Å²) >= 11 is 0. The smallest absolute Gasteiger partial charge is 0.125 e. The minimum atomic E-state index is -0.471.